The monoisotopic (exact) mass is 1770 g/mol. The van der Waals surface area contributed by atoms with Crippen LogP contribution in [0.15, 0.2) is 43.0 Å². The molecule has 30 nitrogen and oxygen atoms in total. The van der Waals surface area contributed by atoms with Crippen molar-refractivity contribution in [2.75, 3.05) is 26.4 Å². The second-order valence-corrected chi connectivity index (χ2v) is 45.3. The van der Waals surface area contributed by atoms with Gasteiger partial charge in [0, 0.05) is 54.2 Å². The lowest BCUT2D eigenvalue weighted by Crippen LogP contribution is -2.65. The summed E-state index contributed by atoms with van der Waals surface area (Å²) in [5.41, 5.74) is 7.40. The van der Waals surface area contributed by atoms with Crippen molar-refractivity contribution in [1.82, 2.24) is 60.4 Å². The van der Waals surface area contributed by atoms with Crippen LogP contribution >= 0.6 is 0 Å². The lowest BCUT2D eigenvalue weighted by atomic mass is 9.51. The fourth-order valence-electron chi connectivity index (χ4n) is 23.6. The van der Waals surface area contributed by atoms with E-state index < -0.39 is 50.5 Å². The summed E-state index contributed by atoms with van der Waals surface area (Å²) >= 11 is 0. The van der Waals surface area contributed by atoms with Gasteiger partial charge in [-0.1, -0.05) is 110 Å². The molecule has 8 atom stereocenters. The predicted molar refractivity (Wildman–Crippen MR) is 484 cm³/mol. The van der Waals surface area contributed by atoms with E-state index in [1.54, 1.807) is 81.8 Å². The molecular weight excluding hydrogens is 1620 g/mol. The number of nitrogens with zero attached hydrogens (tertiary/aromatic N) is 8. The summed E-state index contributed by atoms with van der Waals surface area (Å²) in [5.74, 6) is 4.99. The molecule has 4 heterocycles. The van der Waals surface area contributed by atoms with Gasteiger partial charge in [-0.3, -0.25) is 33.6 Å². The number of aryl methyl sites for hydroxylation is 1. The van der Waals surface area contributed by atoms with E-state index in [-0.39, 0.29) is 77.9 Å². The van der Waals surface area contributed by atoms with Gasteiger partial charge in [-0.2, -0.15) is 20.4 Å². The smallest absolute Gasteiger partial charge is 0.312 e. The van der Waals surface area contributed by atoms with E-state index in [2.05, 4.69) is 96.2 Å². The van der Waals surface area contributed by atoms with E-state index in [0.717, 1.165) is 128 Å². The molecule has 0 spiro atoms. The molecule has 4 aromatic rings. The van der Waals surface area contributed by atoms with Gasteiger partial charge in [0.1, 0.15) is 22.3 Å². The standard InChI is InChI=1S/C24H36N4O4.C24H38N4O4.C24H35N3O5.C24H37N3O3.CH4/c1-15(2)13-32-20-18(12-26-28(20)6-5-22(3,4)21(25)30)19(29)27-23-8-16-7-17(9-23)11-24(31,10-16)14-23;1-14(2)13-32-21-18(12-26-28(21)6-5-23(3,4)22(25)30)20(29)27-19-16-7-15-8-17(19)11-24(31,9-15)10-16;1-14(2)13-32-21-18(12-25-27(21)6-5-23(3,4)22(29)30)20(28)26-19-16-7-15-8-17(19)11-24(31,9-15)10-16;1-15(2)14-30-22-19(13-25-27(22)7-6-23(3,4)5)21(28)26-20-17-8-16-9-18(20)12-24(29,10-16)11-17;/h5-6,12,15-17,31H,7-11,13-14H2,1-4H3,(H2,25,30)(H,27,29);12,14-17,19,31H,5-11,13H2,1-4H3,(H2,25,30)(H,27,29);5-6,12,14-17,19,31H,7-11,13H2,1-4H3,(H,26,28)(H,29,30);6-7,13,15-18,20,29H,8-12,14H2,1-5H3,(H,26,28);1H4/b6-5+;;6-5+;7-6+;. The average Bonchev–Trinajstić information content (AvgIpc) is 1.33. The van der Waals surface area contributed by atoms with Crippen LogP contribution in [-0.2, 0) is 20.9 Å². The summed E-state index contributed by atoms with van der Waals surface area (Å²) in [4.78, 5) is 88.1. The lowest BCUT2D eigenvalue weighted by Gasteiger charge is -2.60. The molecule has 4 aromatic heterocycles. The number of hydrogen-bond acceptors (Lipinski definition) is 19. The molecule has 16 aliphatic rings. The zero-order valence-corrected chi connectivity index (χ0v) is 77.7. The SMILES string of the molecule is C.CC(C)COc1c(C(=O)NC23CC4CC(CC(O)(C4)C2)C3)cnn1/C=C/C(C)(C)C(N)=O.CC(C)COc1c(C(=O)NC2C3CC4CC2CC(O)(C4)C3)cnn1/C=C/C(C)(C)C.CC(C)COc1c(C(=O)NC2C3CC4CC2CC(O)(C4)C3)cnn1/C=C/C(C)(C)C(=O)O.CC(C)COc1c(C(=O)NC2C3CC4CC2CC(O)(C4)C3)cnn1CCC(C)(C)C(N)=O. The Labute approximate surface area is 750 Å². The Kier molecular flexibility index (Phi) is 28.9. The van der Waals surface area contributed by atoms with Gasteiger partial charge in [-0.15, -0.1) is 0 Å². The quantitative estimate of drug-likeness (QED) is 0.0223. The van der Waals surface area contributed by atoms with Crippen molar-refractivity contribution in [2.45, 2.75) is 319 Å². The molecule has 30 heteroatoms. The van der Waals surface area contributed by atoms with Crippen molar-refractivity contribution in [2.24, 2.45) is 122 Å². The fraction of sp³-hybridized carbons (Fsp3) is 0.742. The summed E-state index contributed by atoms with van der Waals surface area (Å²) < 4.78 is 30.2. The van der Waals surface area contributed by atoms with Crippen LogP contribution in [0.1, 0.15) is 308 Å². The Morgan fingerprint density at radius 3 is 1.06 bits per heavy atom. The highest BCUT2D eigenvalue weighted by molar-refractivity contribution is 5.99. The van der Waals surface area contributed by atoms with E-state index in [4.69, 9.17) is 30.4 Å². The number of rotatable bonds is 31. The zero-order valence-electron chi connectivity index (χ0n) is 77.7. The first-order chi connectivity index (χ1) is 58.9. The summed E-state index contributed by atoms with van der Waals surface area (Å²) in [6.07, 6.45) is 36.2. The highest BCUT2D eigenvalue weighted by atomic mass is 16.5. The predicted octanol–water partition coefficient (Wildman–Crippen LogP) is 13.1. The first kappa shape index (κ1) is 97.4. The third-order valence-electron chi connectivity index (χ3n) is 29.0. The van der Waals surface area contributed by atoms with Crippen molar-refractivity contribution in [1.29, 1.82) is 0 Å². The van der Waals surface area contributed by atoms with E-state index in [0.29, 0.717) is 169 Å². The van der Waals surface area contributed by atoms with Crippen LogP contribution < -0.4 is 51.7 Å². The number of aliphatic carboxylic acids is 1. The molecule has 0 aliphatic heterocycles. The molecule has 13 N–H and O–H groups in total. The van der Waals surface area contributed by atoms with Crippen molar-refractivity contribution >= 4 is 60.0 Å². The van der Waals surface area contributed by atoms with Gasteiger partial charge < -0.3 is 77.2 Å². The molecule has 16 aliphatic carbocycles. The highest BCUT2D eigenvalue weighted by Gasteiger charge is 2.60. The summed E-state index contributed by atoms with van der Waals surface area (Å²) in [6, 6.07) is 0.289. The van der Waals surface area contributed by atoms with E-state index in [9.17, 15) is 59.1 Å². The van der Waals surface area contributed by atoms with E-state index >= 15 is 0 Å². The third-order valence-corrected chi connectivity index (χ3v) is 29.0. The van der Waals surface area contributed by atoms with Crippen LogP contribution in [0.25, 0.3) is 18.6 Å². The van der Waals surface area contributed by atoms with Gasteiger partial charge in [-0.05, 0) is 269 Å². The molecule has 16 fully saturated rings. The van der Waals surface area contributed by atoms with Crippen LogP contribution in [0.2, 0.25) is 0 Å². The number of hydrogen-bond donors (Lipinski definition) is 11. The van der Waals surface area contributed by atoms with Gasteiger partial charge >= 0.3 is 5.97 Å². The number of aliphatic hydroxyl groups is 4. The number of primary amides is 2. The number of nitrogens with two attached hydrogens (primary N) is 2. The molecule has 16 saturated carbocycles. The summed E-state index contributed by atoms with van der Waals surface area (Å²) in [5, 5.41) is 83.3. The third kappa shape index (κ3) is 22.9. The van der Waals surface area contributed by atoms with Crippen molar-refractivity contribution in [3.05, 3.63) is 65.3 Å². The molecule has 20 rings (SSSR count). The number of carboxylic acids is 1. The first-order valence-electron chi connectivity index (χ1n) is 46.7. The van der Waals surface area contributed by atoms with Crippen LogP contribution in [0.5, 0.6) is 23.5 Å². The molecular formula is C97H150N14O16. The number of carbonyl (C=O) groups is 7. The molecule has 8 unspecified atom stereocenters. The van der Waals surface area contributed by atoms with Gasteiger partial charge in [-0.25, -0.2) is 18.7 Å². The zero-order chi connectivity index (χ0) is 91.5. The first-order valence-corrected chi connectivity index (χ1v) is 46.7. The Morgan fingerprint density at radius 1 is 0.425 bits per heavy atom. The Hall–Kier alpha value is -8.61. The normalized spacial score (nSPS) is 31.5. The second kappa shape index (κ2) is 37.7. The maximum absolute atomic E-state index is 13.4. The maximum atomic E-state index is 13.4. The molecule has 0 radical (unpaired) electrons. The Balaban J connectivity index is 0.000000153. The number of aromatic nitrogens is 8. The minimum Gasteiger partial charge on any atom is -0.481 e. The molecule has 6 amide bonds. The highest BCUT2D eigenvalue weighted by Crippen LogP contribution is 2.60. The maximum Gasteiger partial charge on any atom is 0.312 e. The summed E-state index contributed by atoms with van der Waals surface area (Å²) in [7, 11) is 0. The van der Waals surface area contributed by atoms with Crippen molar-refractivity contribution in [3.63, 3.8) is 0 Å². The van der Waals surface area contributed by atoms with E-state index in [1.807, 2.05) is 33.9 Å². The molecule has 0 aromatic carbocycles. The minimum atomic E-state index is -1.08. The van der Waals surface area contributed by atoms with Crippen molar-refractivity contribution < 1.29 is 78.0 Å². The topological polar surface area (TPSA) is 429 Å². The lowest BCUT2D eigenvalue weighted by molar-refractivity contribution is -0.144. The number of allylic oxidation sites excluding steroid dienone is 1. The molecule has 16 bridgehead atoms. The summed E-state index contributed by atoms with van der Waals surface area (Å²) in [6.45, 7) is 35.2. The Bertz CT molecular complexity index is 4640. The number of nitrogens with one attached hydrogen (secondary N) is 4. The van der Waals surface area contributed by atoms with Crippen LogP contribution in [-0.4, -0.2) is 179 Å². The largest absolute Gasteiger partial charge is 0.481 e. The van der Waals surface area contributed by atoms with Crippen LogP contribution in [0.3, 0.4) is 0 Å². The Morgan fingerprint density at radius 2 is 0.740 bits per heavy atom. The number of carboxylic acid groups (broad SMARTS) is 1. The molecule has 704 valence electrons. The van der Waals surface area contributed by atoms with Crippen LogP contribution in [0.4, 0.5) is 0 Å². The number of carbonyl (C=O) groups excluding carboxylic acids is 6. The average molecular weight is 1770 g/mol. The van der Waals surface area contributed by atoms with E-state index in [1.165, 1.54) is 27.8 Å². The number of amides is 6. The molecule has 0 saturated heterocycles. The van der Waals surface area contributed by atoms with Crippen LogP contribution in [0, 0.1) is 110 Å². The minimum absolute atomic E-state index is 0. The molecule has 127 heavy (non-hydrogen) atoms. The fourth-order valence-corrected chi connectivity index (χ4v) is 23.6. The second-order valence-electron chi connectivity index (χ2n) is 45.3. The van der Waals surface area contributed by atoms with Gasteiger partial charge in [0.25, 0.3) is 23.6 Å². The van der Waals surface area contributed by atoms with Gasteiger partial charge in [0.05, 0.1) is 84.4 Å². The van der Waals surface area contributed by atoms with Gasteiger partial charge in [0.2, 0.25) is 35.3 Å². The van der Waals surface area contributed by atoms with Gasteiger partial charge in [0.15, 0.2) is 0 Å². The van der Waals surface area contributed by atoms with Crippen molar-refractivity contribution in [3.8, 4) is 23.5 Å². The number of ether oxygens (including phenoxy) is 4.